The first-order chi connectivity index (χ1) is 10.4. The minimum absolute atomic E-state index is 0.0383. The second-order valence-electron chi connectivity index (χ2n) is 4.65. The summed E-state index contributed by atoms with van der Waals surface area (Å²) in [4.78, 5) is 10.4. The Balaban J connectivity index is 2.24. The summed E-state index contributed by atoms with van der Waals surface area (Å²) >= 11 is 0. The van der Waals surface area contributed by atoms with Gasteiger partial charge in [-0.1, -0.05) is 29.0 Å². The molecule has 0 spiro atoms. The summed E-state index contributed by atoms with van der Waals surface area (Å²) in [6.45, 7) is 1.84. The number of benzene rings is 2. The Morgan fingerprint density at radius 1 is 1.14 bits per heavy atom. The van der Waals surface area contributed by atoms with E-state index in [-0.39, 0.29) is 21.6 Å². The van der Waals surface area contributed by atoms with Crippen molar-refractivity contribution in [2.75, 3.05) is 0 Å². The molecule has 0 saturated carbocycles. The van der Waals surface area contributed by atoms with Crippen molar-refractivity contribution in [2.24, 2.45) is 0 Å². The molecule has 0 N–H and O–H groups in total. The highest BCUT2D eigenvalue weighted by Crippen LogP contribution is 2.25. The number of hydrogen-bond acceptors (Lipinski definition) is 6. The number of non-ortho nitro benzene ring substituents is 1. The van der Waals surface area contributed by atoms with E-state index in [0.717, 1.165) is 5.56 Å². The first-order valence-electron chi connectivity index (χ1n) is 6.22. The number of fused-ring (bicyclic) bond motifs is 1. The van der Waals surface area contributed by atoms with E-state index in [2.05, 4.69) is 10.3 Å². The first kappa shape index (κ1) is 14.1. The number of nitro groups is 1. The quantitative estimate of drug-likeness (QED) is 0.539. The molecule has 0 aliphatic carbocycles. The molecule has 22 heavy (non-hydrogen) atoms. The van der Waals surface area contributed by atoms with E-state index < -0.39 is 14.9 Å². The fraction of sp³-hybridized carbons (Fsp3) is 0.0769. The molecule has 0 bridgehead atoms. The predicted molar refractivity (Wildman–Crippen MR) is 77.9 cm³/mol. The van der Waals surface area contributed by atoms with Gasteiger partial charge in [0.2, 0.25) is 0 Å². The summed E-state index contributed by atoms with van der Waals surface area (Å²) in [5.74, 6) is 0. The minimum Gasteiger partial charge on any atom is -0.258 e. The molecule has 0 fully saturated rings. The second-order valence-corrected chi connectivity index (χ2v) is 6.42. The van der Waals surface area contributed by atoms with Crippen molar-refractivity contribution in [1.29, 1.82) is 0 Å². The van der Waals surface area contributed by atoms with Crippen LogP contribution < -0.4 is 0 Å². The molecule has 0 saturated heterocycles. The second kappa shape index (κ2) is 4.88. The summed E-state index contributed by atoms with van der Waals surface area (Å²) in [7, 11) is -3.96. The lowest BCUT2D eigenvalue weighted by molar-refractivity contribution is -0.383. The van der Waals surface area contributed by atoms with Crippen molar-refractivity contribution >= 4 is 26.7 Å². The zero-order chi connectivity index (χ0) is 15.9. The predicted octanol–water partition coefficient (Wildman–Crippen LogP) is 1.88. The van der Waals surface area contributed by atoms with Gasteiger partial charge in [0.05, 0.1) is 9.82 Å². The third-order valence-corrected chi connectivity index (χ3v) is 4.76. The van der Waals surface area contributed by atoms with Gasteiger partial charge in [0.1, 0.15) is 5.52 Å². The van der Waals surface area contributed by atoms with E-state index in [0.29, 0.717) is 4.09 Å². The molecule has 0 radical (unpaired) electrons. The number of nitro benzene ring substituents is 1. The molecule has 3 rings (SSSR count). The van der Waals surface area contributed by atoms with E-state index >= 15 is 0 Å². The van der Waals surface area contributed by atoms with Gasteiger partial charge in [0, 0.05) is 6.07 Å². The fourth-order valence-electron chi connectivity index (χ4n) is 2.04. The van der Waals surface area contributed by atoms with Crippen LogP contribution in [0.3, 0.4) is 0 Å². The summed E-state index contributed by atoms with van der Waals surface area (Å²) in [5.41, 5.74) is 0.624. The van der Waals surface area contributed by atoms with Gasteiger partial charge in [-0.05, 0) is 25.1 Å². The number of nitrogens with zero attached hydrogens (tertiary/aromatic N) is 4. The van der Waals surface area contributed by atoms with Gasteiger partial charge < -0.3 is 0 Å². The number of aryl methyl sites for hydroxylation is 1. The summed E-state index contributed by atoms with van der Waals surface area (Å²) in [6.07, 6.45) is 0. The zero-order valence-corrected chi connectivity index (χ0v) is 12.2. The van der Waals surface area contributed by atoms with Crippen LogP contribution in [0.4, 0.5) is 5.69 Å². The van der Waals surface area contributed by atoms with Crippen molar-refractivity contribution < 1.29 is 13.3 Å². The molecular formula is C13H10N4O4S. The maximum atomic E-state index is 12.6. The minimum atomic E-state index is -3.96. The zero-order valence-electron chi connectivity index (χ0n) is 11.4. The van der Waals surface area contributed by atoms with Crippen LogP contribution in [0.25, 0.3) is 11.0 Å². The average Bonchev–Trinajstić information content (AvgIpc) is 2.92. The standard InChI is InChI=1S/C13H10N4O4S/c1-9-5-7-10(8-6-9)22(20,21)16-11-3-2-4-12(17(18)19)13(11)14-15-16/h2-8H,1H3. The molecule has 0 atom stereocenters. The Kier molecular flexibility index (Phi) is 3.14. The van der Waals surface area contributed by atoms with Gasteiger partial charge in [0.25, 0.3) is 15.7 Å². The van der Waals surface area contributed by atoms with Gasteiger partial charge in [-0.3, -0.25) is 10.1 Å². The summed E-state index contributed by atoms with van der Waals surface area (Å²) in [6, 6.07) is 10.3. The monoisotopic (exact) mass is 318 g/mol. The molecule has 0 aliphatic rings. The summed E-state index contributed by atoms with van der Waals surface area (Å²) in [5, 5.41) is 18.2. The molecule has 8 nitrogen and oxygen atoms in total. The van der Waals surface area contributed by atoms with Gasteiger partial charge in [0.15, 0.2) is 5.52 Å². The van der Waals surface area contributed by atoms with E-state index in [4.69, 9.17) is 0 Å². The molecule has 1 aromatic heterocycles. The van der Waals surface area contributed by atoms with Crippen LogP contribution in [0.2, 0.25) is 0 Å². The van der Waals surface area contributed by atoms with Crippen LogP contribution in [-0.4, -0.2) is 27.7 Å². The fourth-order valence-corrected chi connectivity index (χ4v) is 3.26. The number of rotatable bonds is 3. The topological polar surface area (TPSA) is 108 Å². The number of hydrogen-bond donors (Lipinski definition) is 0. The average molecular weight is 318 g/mol. The van der Waals surface area contributed by atoms with E-state index in [1.165, 1.54) is 30.3 Å². The van der Waals surface area contributed by atoms with Gasteiger partial charge in [-0.2, -0.15) is 8.42 Å². The van der Waals surface area contributed by atoms with Crippen LogP contribution in [-0.2, 0) is 10.0 Å². The molecule has 2 aromatic carbocycles. The SMILES string of the molecule is Cc1ccc(S(=O)(=O)n2nnc3c([N+](=O)[O-])cccc32)cc1. The van der Waals surface area contributed by atoms with Crippen LogP contribution in [0.15, 0.2) is 47.4 Å². The van der Waals surface area contributed by atoms with Crippen LogP contribution in [0, 0.1) is 17.0 Å². The Labute approximate surface area is 125 Å². The maximum Gasteiger partial charge on any atom is 0.299 e. The highest BCUT2D eigenvalue weighted by Gasteiger charge is 2.24. The van der Waals surface area contributed by atoms with Crippen molar-refractivity contribution in [3.63, 3.8) is 0 Å². The smallest absolute Gasteiger partial charge is 0.258 e. The third-order valence-electron chi connectivity index (χ3n) is 3.17. The molecule has 112 valence electrons. The van der Waals surface area contributed by atoms with Crippen LogP contribution in [0.5, 0.6) is 0 Å². The molecule has 3 aromatic rings. The van der Waals surface area contributed by atoms with E-state index in [9.17, 15) is 18.5 Å². The molecule has 9 heteroatoms. The van der Waals surface area contributed by atoms with Crippen molar-refractivity contribution in [3.05, 3.63) is 58.1 Å². The molecule has 1 heterocycles. The van der Waals surface area contributed by atoms with Crippen LogP contribution in [0.1, 0.15) is 5.56 Å². The normalized spacial score (nSPS) is 11.7. The number of aromatic nitrogens is 3. The van der Waals surface area contributed by atoms with Crippen LogP contribution >= 0.6 is 0 Å². The Morgan fingerprint density at radius 2 is 1.82 bits per heavy atom. The lowest BCUT2D eigenvalue weighted by Crippen LogP contribution is -2.14. The first-order valence-corrected chi connectivity index (χ1v) is 7.66. The molecule has 0 aliphatic heterocycles. The van der Waals surface area contributed by atoms with Crippen molar-refractivity contribution in [2.45, 2.75) is 11.8 Å². The lowest BCUT2D eigenvalue weighted by atomic mass is 10.2. The highest BCUT2D eigenvalue weighted by atomic mass is 32.2. The van der Waals surface area contributed by atoms with Crippen molar-refractivity contribution in [3.8, 4) is 0 Å². The Bertz CT molecular complexity index is 977. The summed E-state index contributed by atoms with van der Waals surface area (Å²) < 4.78 is 25.9. The highest BCUT2D eigenvalue weighted by molar-refractivity contribution is 7.90. The maximum absolute atomic E-state index is 12.6. The Morgan fingerprint density at radius 3 is 2.45 bits per heavy atom. The molecular weight excluding hydrogens is 308 g/mol. The van der Waals surface area contributed by atoms with E-state index in [1.54, 1.807) is 12.1 Å². The lowest BCUT2D eigenvalue weighted by Gasteiger charge is -2.05. The molecule has 0 amide bonds. The van der Waals surface area contributed by atoms with Crippen molar-refractivity contribution in [1.82, 2.24) is 14.4 Å². The third kappa shape index (κ3) is 2.11. The Hall–Kier alpha value is -2.81. The largest absolute Gasteiger partial charge is 0.299 e. The van der Waals surface area contributed by atoms with E-state index in [1.807, 2.05) is 6.92 Å². The van der Waals surface area contributed by atoms with Gasteiger partial charge in [-0.15, -0.1) is 9.19 Å². The van der Waals surface area contributed by atoms with Gasteiger partial charge >= 0.3 is 0 Å². The molecule has 0 unspecified atom stereocenters. The van der Waals surface area contributed by atoms with Gasteiger partial charge in [-0.25, -0.2) is 0 Å².